The van der Waals surface area contributed by atoms with Gasteiger partial charge in [-0.25, -0.2) is 0 Å². The molecular formula is C18H37NO3S. The fraction of sp³-hybridized carbons (Fsp3) is 0.944. The third-order valence-electron chi connectivity index (χ3n) is 2.95. The Kier molecular flexibility index (Phi) is 12.0. The van der Waals surface area contributed by atoms with Gasteiger partial charge in [0.05, 0.1) is 19.8 Å². The van der Waals surface area contributed by atoms with Gasteiger partial charge < -0.3 is 14.8 Å². The van der Waals surface area contributed by atoms with Gasteiger partial charge in [0.2, 0.25) is 5.91 Å². The summed E-state index contributed by atoms with van der Waals surface area (Å²) in [5.74, 6) is 2.07. The lowest BCUT2D eigenvalue weighted by atomic mass is 9.93. The lowest BCUT2D eigenvalue weighted by Crippen LogP contribution is -2.28. The molecule has 1 N–H and O–H groups in total. The summed E-state index contributed by atoms with van der Waals surface area (Å²) in [6.07, 6.45) is 1.63. The highest BCUT2D eigenvalue weighted by Gasteiger charge is 2.10. The van der Waals surface area contributed by atoms with Crippen LogP contribution in [0, 0.1) is 10.8 Å². The van der Waals surface area contributed by atoms with Crippen molar-refractivity contribution < 1.29 is 14.3 Å². The minimum Gasteiger partial charge on any atom is -0.379 e. The van der Waals surface area contributed by atoms with Gasteiger partial charge in [-0.2, -0.15) is 11.8 Å². The third-order valence-corrected chi connectivity index (χ3v) is 4.51. The first-order chi connectivity index (χ1) is 10.6. The van der Waals surface area contributed by atoms with Gasteiger partial charge in [-0.3, -0.25) is 4.79 Å². The van der Waals surface area contributed by atoms with Crippen LogP contribution in [-0.4, -0.2) is 50.4 Å². The molecule has 1 amide bonds. The Hall–Kier alpha value is -0.260. The average molecular weight is 348 g/mol. The molecule has 0 aromatic heterocycles. The molecular weight excluding hydrogens is 310 g/mol. The normalized spacial score (nSPS) is 12.4. The van der Waals surface area contributed by atoms with Gasteiger partial charge in [0, 0.05) is 25.3 Å². The SMILES string of the molecule is CC(C)(C)CCOCCOCCNC(=O)CCSCC(C)(C)C. The van der Waals surface area contributed by atoms with Crippen LogP contribution in [0.3, 0.4) is 0 Å². The molecule has 0 aliphatic carbocycles. The van der Waals surface area contributed by atoms with E-state index < -0.39 is 0 Å². The maximum absolute atomic E-state index is 11.6. The van der Waals surface area contributed by atoms with Crippen molar-refractivity contribution in [2.45, 2.75) is 54.4 Å². The first kappa shape index (κ1) is 22.7. The molecule has 0 radical (unpaired) electrons. The van der Waals surface area contributed by atoms with Gasteiger partial charge >= 0.3 is 0 Å². The summed E-state index contributed by atoms with van der Waals surface area (Å²) in [7, 11) is 0. The second kappa shape index (κ2) is 12.2. The molecule has 0 saturated carbocycles. The Labute approximate surface area is 147 Å². The van der Waals surface area contributed by atoms with E-state index in [9.17, 15) is 4.79 Å². The molecule has 4 nitrogen and oxygen atoms in total. The number of hydrogen-bond donors (Lipinski definition) is 1. The molecule has 0 aromatic carbocycles. The number of rotatable bonds is 12. The number of carbonyl (C=O) groups excluding carboxylic acids is 1. The maximum atomic E-state index is 11.6. The van der Waals surface area contributed by atoms with E-state index in [4.69, 9.17) is 9.47 Å². The Balaban J connectivity index is 3.30. The van der Waals surface area contributed by atoms with Crippen molar-refractivity contribution in [3.05, 3.63) is 0 Å². The third kappa shape index (κ3) is 19.7. The van der Waals surface area contributed by atoms with E-state index in [-0.39, 0.29) is 5.91 Å². The average Bonchev–Trinajstić information content (AvgIpc) is 2.39. The van der Waals surface area contributed by atoms with Gasteiger partial charge in [0.25, 0.3) is 0 Å². The molecule has 23 heavy (non-hydrogen) atoms. The minimum absolute atomic E-state index is 0.108. The Morgan fingerprint density at radius 2 is 1.52 bits per heavy atom. The molecule has 5 heteroatoms. The van der Waals surface area contributed by atoms with E-state index in [0.717, 1.165) is 24.5 Å². The fourth-order valence-electron chi connectivity index (χ4n) is 1.59. The maximum Gasteiger partial charge on any atom is 0.220 e. The van der Waals surface area contributed by atoms with Gasteiger partial charge in [0.15, 0.2) is 0 Å². The van der Waals surface area contributed by atoms with Crippen LogP contribution in [0.4, 0.5) is 0 Å². The second-order valence-corrected chi connectivity index (χ2v) is 9.35. The molecule has 0 spiro atoms. The summed E-state index contributed by atoms with van der Waals surface area (Å²) in [6.45, 7) is 16.4. The van der Waals surface area contributed by atoms with Gasteiger partial charge in [-0.15, -0.1) is 0 Å². The van der Waals surface area contributed by atoms with Crippen LogP contribution in [0.1, 0.15) is 54.4 Å². The summed E-state index contributed by atoms with van der Waals surface area (Å²) in [4.78, 5) is 11.6. The van der Waals surface area contributed by atoms with E-state index in [1.807, 2.05) is 11.8 Å². The van der Waals surface area contributed by atoms with E-state index in [0.29, 0.717) is 43.6 Å². The smallest absolute Gasteiger partial charge is 0.220 e. The number of thioether (sulfide) groups is 1. The van der Waals surface area contributed by atoms with Crippen molar-refractivity contribution in [2.75, 3.05) is 44.5 Å². The van der Waals surface area contributed by atoms with Crippen LogP contribution in [0.25, 0.3) is 0 Å². The van der Waals surface area contributed by atoms with Crippen LogP contribution >= 0.6 is 11.8 Å². The highest BCUT2D eigenvalue weighted by molar-refractivity contribution is 7.99. The van der Waals surface area contributed by atoms with Crippen LogP contribution in [0.5, 0.6) is 0 Å². The first-order valence-corrected chi connectivity index (χ1v) is 9.76. The van der Waals surface area contributed by atoms with Crippen molar-refractivity contribution in [1.82, 2.24) is 5.32 Å². The summed E-state index contributed by atoms with van der Waals surface area (Å²) in [5.41, 5.74) is 0.639. The highest BCUT2D eigenvalue weighted by Crippen LogP contribution is 2.20. The van der Waals surface area contributed by atoms with Crippen LogP contribution in [0.2, 0.25) is 0 Å². The minimum atomic E-state index is 0.108. The quantitative estimate of drug-likeness (QED) is 0.546. The lowest BCUT2D eigenvalue weighted by molar-refractivity contribution is -0.120. The second-order valence-electron chi connectivity index (χ2n) is 8.25. The van der Waals surface area contributed by atoms with E-state index in [2.05, 4.69) is 46.9 Å². The summed E-state index contributed by atoms with van der Waals surface area (Å²) < 4.78 is 11.0. The largest absolute Gasteiger partial charge is 0.379 e. The number of amides is 1. The predicted molar refractivity (Wildman–Crippen MR) is 100 cm³/mol. The molecule has 0 unspecified atom stereocenters. The van der Waals surface area contributed by atoms with Crippen LogP contribution in [-0.2, 0) is 14.3 Å². The Morgan fingerprint density at radius 3 is 2.09 bits per heavy atom. The predicted octanol–water partition coefficient (Wildman–Crippen LogP) is 3.74. The Bertz CT molecular complexity index is 308. The number of carbonyl (C=O) groups is 1. The zero-order valence-electron chi connectivity index (χ0n) is 16.0. The monoisotopic (exact) mass is 347 g/mol. The number of hydrogen-bond acceptors (Lipinski definition) is 4. The van der Waals surface area contributed by atoms with E-state index in [1.165, 1.54) is 0 Å². The molecule has 0 fully saturated rings. The van der Waals surface area contributed by atoms with E-state index in [1.54, 1.807) is 0 Å². The van der Waals surface area contributed by atoms with Crippen molar-refractivity contribution in [2.24, 2.45) is 10.8 Å². The van der Waals surface area contributed by atoms with Crippen molar-refractivity contribution in [1.29, 1.82) is 0 Å². The summed E-state index contributed by atoms with van der Waals surface area (Å²) >= 11 is 1.84. The summed E-state index contributed by atoms with van der Waals surface area (Å²) in [5, 5.41) is 2.88. The highest BCUT2D eigenvalue weighted by atomic mass is 32.2. The zero-order valence-corrected chi connectivity index (χ0v) is 16.8. The first-order valence-electron chi connectivity index (χ1n) is 8.60. The number of nitrogens with one attached hydrogen (secondary N) is 1. The van der Waals surface area contributed by atoms with E-state index >= 15 is 0 Å². The molecule has 0 heterocycles. The van der Waals surface area contributed by atoms with Crippen LogP contribution < -0.4 is 5.32 Å². The molecule has 0 rings (SSSR count). The zero-order chi connectivity index (χ0) is 17.8. The van der Waals surface area contributed by atoms with Gasteiger partial charge in [0.1, 0.15) is 0 Å². The van der Waals surface area contributed by atoms with Gasteiger partial charge in [-0.05, 0) is 23.0 Å². The topological polar surface area (TPSA) is 47.6 Å². The molecule has 0 aliphatic rings. The molecule has 138 valence electrons. The fourth-order valence-corrected chi connectivity index (χ4v) is 2.68. The lowest BCUT2D eigenvalue weighted by Gasteiger charge is -2.17. The standard InChI is InChI=1S/C18H37NO3S/c1-17(2,3)8-10-21-12-13-22-11-9-19-16(20)7-14-23-15-18(4,5)6/h7-15H2,1-6H3,(H,19,20). The van der Waals surface area contributed by atoms with Crippen molar-refractivity contribution in [3.63, 3.8) is 0 Å². The summed E-state index contributed by atoms with van der Waals surface area (Å²) in [6, 6.07) is 0. The number of ether oxygens (including phenoxy) is 2. The van der Waals surface area contributed by atoms with Gasteiger partial charge in [-0.1, -0.05) is 41.5 Å². The Morgan fingerprint density at radius 1 is 0.913 bits per heavy atom. The van der Waals surface area contributed by atoms with Crippen molar-refractivity contribution >= 4 is 17.7 Å². The molecule has 0 aromatic rings. The molecule has 0 saturated heterocycles. The van der Waals surface area contributed by atoms with Crippen molar-refractivity contribution in [3.8, 4) is 0 Å². The van der Waals surface area contributed by atoms with Crippen LogP contribution in [0.15, 0.2) is 0 Å². The molecule has 0 bridgehead atoms. The molecule has 0 atom stereocenters. The molecule has 0 aliphatic heterocycles.